The maximum Gasteiger partial charge on any atom is 0.241 e. The van der Waals surface area contributed by atoms with Crippen LogP contribution in [0.5, 0.6) is 0 Å². The number of nitrogens with zero attached hydrogens (tertiary/aromatic N) is 1. The second kappa shape index (κ2) is 3.69. The summed E-state index contributed by atoms with van der Waals surface area (Å²) in [6, 6.07) is 0. The first-order valence-corrected chi connectivity index (χ1v) is 3.98. The van der Waals surface area contributed by atoms with Gasteiger partial charge >= 0.3 is 0 Å². The van der Waals surface area contributed by atoms with Crippen molar-refractivity contribution in [2.45, 2.75) is 19.3 Å². The van der Waals surface area contributed by atoms with Crippen molar-refractivity contribution in [3.8, 4) is 0 Å². The van der Waals surface area contributed by atoms with Gasteiger partial charge in [0, 0.05) is 19.0 Å². The van der Waals surface area contributed by atoms with E-state index in [-0.39, 0.29) is 5.96 Å². The fraction of sp³-hybridized carbons (Fsp3) is 0.857. The number of alkyl halides is 2. The Bertz CT molecular complexity index is 164. The highest BCUT2D eigenvalue weighted by Gasteiger charge is 2.26. The van der Waals surface area contributed by atoms with Crippen LogP contribution < -0.4 is 5.73 Å². The second-order valence-corrected chi connectivity index (χ2v) is 3.04. The number of hydrogen-bond donors (Lipinski definition) is 2. The molecule has 3 N–H and O–H groups in total. The smallest absolute Gasteiger partial charge is 0.241 e. The predicted octanol–water partition coefficient (Wildman–Crippen LogP) is 0.857. The number of rotatable bonds is 1. The van der Waals surface area contributed by atoms with Crippen LogP contribution in [-0.2, 0) is 0 Å². The maximum atomic E-state index is 12.1. The second-order valence-electron chi connectivity index (χ2n) is 3.04. The average Bonchev–Trinajstić information content (AvgIpc) is 2.04. The minimum absolute atomic E-state index is 0.0114. The lowest BCUT2D eigenvalue weighted by atomic mass is 9.98. The van der Waals surface area contributed by atoms with Gasteiger partial charge in [-0.3, -0.25) is 5.41 Å². The molecule has 0 aromatic carbocycles. The van der Waals surface area contributed by atoms with E-state index < -0.39 is 12.3 Å². The Labute approximate surface area is 70.0 Å². The summed E-state index contributed by atoms with van der Waals surface area (Å²) in [6.45, 7) is 0.981. The van der Waals surface area contributed by atoms with Gasteiger partial charge in [-0.15, -0.1) is 0 Å². The summed E-state index contributed by atoms with van der Waals surface area (Å²) in [5.41, 5.74) is 5.21. The summed E-state index contributed by atoms with van der Waals surface area (Å²) in [5, 5.41) is 7.08. The van der Waals surface area contributed by atoms with E-state index in [1.807, 2.05) is 0 Å². The lowest BCUT2D eigenvalue weighted by molar-refractivity contribution is 0.0470. The highest BCUT2D eigenvalue weighted by atomic mass is 19.3. The van der Waals surface area contributed by atoms with Crippen LogP contribution in [0.3, 0.4) is 0 Å². The first-order valence-electron chi connectivity index (χ1n) is 3.98. The molecule has 1 heterocycles. The fourth-order valence-electron chi connectivity index (χ4n) is 1.39. The minimum Gasteiger partial charge on any atom is -0.370 e. The van der Waals surface area contributed by atoms with Crippen LogP contribution in [0.1, 0.15) is 12.8 Å². The summed E-state index contributed by atoms with van der Waals surface area (Å²) < 4.78 is 24.3. The first kappa shape index (κ1) is 9.22. The topological polar surface area (TPSA) is 53.1 Å². The molecule has 0 saturated carbocycles. The Morgan fingerprint density at radius 1 is 1.42 bits per heavy atom. The Balaban J connectivity index is 2.34. The molecule has 0 amide bonds. The van der Waals surface area contributed by atoms with Gasteiger partial charge in [-0.25, -0.2) is 8.78 Å². The summed E-state index contributed by atoms with van der Waals surface area (Å²) in [5.74, 6) is -0.511. The van der Waals surface area contributed by atoms with E-state index in [1.165, 1.54) is 0 Å². The van der Waals surface area contributed by atoms with Gasteiger partial charge in [0.2, 0.25) is 6.43 Å². The zero-order chi connectivity index (χ0) is 9.14. The predicted molar refractivity (Wildman–Crippen MR) is 42.2 cm³/mol. The summed E-state index contributed by atoms with van der Waals surface area (Å²) in [4.78, 5) is 1.62. The van der Waals surface area contributed by atoms with Crippen molar-refractivity contribution in [1.82, 2.24) is 4.90 Å². The zero-order valence-electron chi connectivity index (χ0n) is 6.76. The molecule has 1 saturated heterocycles. The standard InChI is InChI=1S/C7H13F2N3/c8-6(9)5-1-3-12(4-2-5)7(10)11/h5-6H,1-4H2,(H3,10,11). The molecule has 0 bridgehead atoms. The normalized spacial score (nSPS) is 20.1. The number of hydrogen-bond acceptors (Lipinski definition) is 1. The number of nitrogens with two attached hydrogens (primary N) is 1. The molecule has 3 nitrogen and oxygen atoms in total. The number of piperidine rings is 1. The Morgan fingerprint density at radius 2 is 1.92 bits per heavy atom. The number of halogens is 2. The molecule has 70 valence electrons. The van der Waals surface area contributed by atoms with Crippen molar-refractivity contribution < 1.29 is 8.78 Å². The van der Waals surface area contributed by atoms with Gasteiger partial charge in [-0.1, -0.05) is 0 Å². The van der Waals surface area contributed by atoms with Gasteiger partial charge in [0.15, 0.2) is 5.96 Å². The lowest BCUT2D eigenvalue weighted by Gasteiger charge is -2.31. The first-order chi connectivity index (χ1) is 5.61. The molecular formula is C7H13F2N3. The molecule has 0 aromatic heterocycles. The molecule has 0 aliphatic carbocycles. The van der Waals surface area contributed by atoms with E-state index in [2.05, 4.69) is 0 Å². The monoisotopic (exact) mass is 177 g/mol. The van der Waals surface area contributed by atoms with Gasteiger partial charge in [0.25, 0.3) is 0 Å². The van der Waals surface area contributed by atoms with Crippen LogP contribution in [0.25, 0.3) is 0 Å². The van der Waals surface area contributed by atoms with Crippen LogP contribution >= 0.6 is 0 Å². The largest absolute Gasteiger partial charge is 0.370 e. The number of nitrogens with one attached hydrogen (secondary N) is 1. The molecule has 1 rings (SSSR count). The molecule has 1 aliphatic heterocycles. The molecule has 1 fully saturated rings. The third-order valence-corrected chi connectivity index (χ3v) is 2.24. The molecule has 5 heteroatoms. The van der Waals surface area contributed by atoms with Gasteiger partial charge < -0.3 is 10.6 Å². The quantitative estimate of drug-likeness (QED) is 0.461. The van der Waals surface area contributed by atoms with Crippen molar-refractivity contribution in [2.75, 3.05) is 13.1 Å². The maximum absolute atomic E-state index is 12.1. The van der Waals surface area contributed by atoms with Crippen LogP contribution in [-0.4, -0.2) is 30.4 Å². The van der Waals surface area contributed by atoms with Crippen molar-refractivity contribution in [1.29, 1.82) is 5.41 Å². The number of guanidine groups is 1. The Morgan fingerprint density at radius 3 is 2.25 bits per heavy atom. The minimum atomic E-state index is -2.22. The summed E-state index contributed by atoms with van der Waals surface area (Å²) in [7, 11) is 0. The molecule has 0 spiro atoms. The van der Waals surface area contributed by atoms with Gasteiger partial charge in [0.05, 0.1) is 0 Å². The highest BCUT2D eigenvalue weighted by Crippen LogP contribution is 2.22. The van der Waals surface area contributed by atoms with E-state index in [0.717, 1.165) is 0 Å². The average molecular weight is 177 g/mol. The van der Waals surface area contributed by atoms with Gasteiger partial charge in [0.1, 0.15) is 0 Å². The van der Waals surface area contributed by atoms with Crippen molar-refractivity contribution in [2.24, 2.45) is 11.7 Å². The third kappa shape index (κ3) is 2.06. The van der Waals surface area contributed by atoms with E-state index in [1.54, 1.807) is 4.90 Å². The summed E-state index contributed by atoms with van der Waals surface area (Å²) in [6.07, 6.45) is -1.34. The van der Waals surface area contributed by atoms with Gasteiger partial charge in [-0.2, -0.15) is 0 Å². The zero-order valence-corrected chi connectivity index (χ0v) is 6.76. The molecule has 0 aromatic rings. The van der Waals surface area contributed by atoms with Crippen LogP contribution in [0.15, 0.2) is 0 Å². The molecule has 12 heavy (non-hydrogen) atoms. The van der Waals surface area contributed by atoms with Gasteiger partial charge in [-0.05, 0) is 12.8 Å². The molecular weight excluding hydrogens is 164 g/mol. The van der Waals surface area contributed by atoms with Crippen LogP contribution in [0, 0.1) is 11.3 Å². The third-order valence-electron chi connectivity index (χ3n) is 2.24. The van der Waals surface area contributed by atoms with Crippen LogP contribution in [0.2, 0.25) is 0 Å². The Kier molecular flexibility index (Phi) is 2.83. The Hall–Kier alpha value is -0.870. The van der Waals surface area contributed by atoms with Crippen LogP contribution in [0.4, 0.5) is 8.78 Å². The molecule has 0 radical (unpaired) electrons. The fourth-order valence-corrected chi connectivity index (χ4v) is 1.39. The summed E-state index contributed by atoms with van der Waals surface area (Å²) >= 11 is 0. The van der Waals surface area contributed by atoms with E-state index in [9.17, 15) is 8.78 Å². The van der Waals surface area contributed by atoms with Crippen molar-refractivity contribution >= 4 is 5.96 Å². The van der Waals surface area contributed by atoms with E-state index in [4.69, 9.17) is 11.1 Å². The van der Waals surface area contributed by atoms with E-state index in [0.29, 0.717) is 25.9 Å². The lowest BCUT2D eigenvalue weighted by Crippen LogP contribution is -2.43. The van der Waals surface area contributed by atoms with Crippen molar-refractivity contribution in [3.63, 3.8) is 0 Å². The molecule has 0 atom stereocenters. The SMILES string of the molecule is N=C(N)N1CCC(C(F)F)CC1. The number of likely N-dealkylation sites (tertiary alicyclic amines) is 1. The highest BCUT2D eigenvalue weighted by molar-refractivity contribution is 5.74. The van der Waals surface area contributed by atoms with E-state index >= 15 is 0 Å². The molecule has 1 aliphatic rings. The van der Waals surface area contributed by atoms with Crippen molar-refractivity contribution in [3.05, 3.63) is 0 Å². The molecule has 0 unspecified atom stereocenters.